The average Bonchev–Trinajstić information content (AvgIpc) is 3.10. The van der Waals surface area contributed by atoms with Crippen molar-refractivity contribution in [2.75, 3.05) is 41.3 Å². The topological polar surface area (TPSA) is 87.4 Å². The number of aliphatic imine (C=N–C) groups is 1. The third kappa shape index (κ3) is 3.53. The van der Waals surface area contributed by atoms with Gasteiger partial charge in [0.2, 0.25) is 0 Å². The molecule has 0 spiro atoms. The predicted octanol–water partition coefficient (Wildman–Crippen LogP) is 0.867. The molecule has 6 rings (SSSR count). The third-order valence-electron chi connectivity index (χ3n) is 7.97. The van der Waals surface area contributed by atoms with Crippen LogP contribution < -0.4 is 21.9 Å². The Morgan fingerprint density at radius 2 is 1.83 bits per heavy atom. The van der Waals surface area contributed by atoms with E-state index in [1.807, 2.05) is 7.05 Å². The van der Waals surface area contributed by atoms with Crippen LogP contribution in [-0.4, -0.2) is 85.2 Å². The van der Waals surface area contributed by atoms with Gasteiger partial charge in [0, 0.05) is 70.2 Å². The van der Waals surface area contributed by atoms with Crippen LogP contribution in [0, 0.1) is 0 Å². The van der Waals surface area contributed by atoms with E-state index in [9.17, 15) is 0 Å². The van der Waals surface area contributed by atoms with Crippen LogP contribution in [0.5, 0.6) is 0 Å². The molecule has 0 aromatic carbocycles. The standard InChI is InChI=1S/C26H35N9/c1-28-21-7-5-17-14-22(21)30-31-25-19-13-16(6-8-23(19)33(3)34(25)4)20-15-29-26(32(2)24(17)20)35-11-9-18(27)10-12-35/h5-8,13-15,18,23,26,29-31H,9-12,27H2,1-4H3. The molecule has 4 aliphatic heterocycles. The maximum atomic E-state index is 6.20. The summed E-state index contributed by atoms with van der Waals surface area (Å²) in [5.74, 6) is 1.04. The van der Waals surface area contributed by atoms with E-state index in [2.05, 4.69) is 105 Å². The first-order valence-corrected chi connectivity index (χ1v) is 12.4. The summed E-state index contributed by atoms with van der Waals surface area (Å²) in [6, 6.07) is 0.495. The van der Waals surface area contributed by atoms with Gasteiger partial charge < -0.3 is 16.0 Å². The number of nitrogens with zero attached hydrogens (tertiary/aromatic N) is 5. The molecule has 1 fully saturated rings. The lowest BCUT2D eigenvalue weighted by Gasteiger charge is -2.46. The summed E-state index contributed by atoms with van der Waals surface area (Å²) >= 11 is 0. The van der Waals surface area contributed by atoms with Crippen LogP contribution in [0.2, 0.25) is 0 Å². The minimum absolute atomic E-state index is 0.0795. The van der Waals surface area contributed by atoms with Gasteiger partial charge in [-0.05, 0) is 36.6 Å². The Hall–Kier alpha value is -3.27. The Bertz CT molecular complexity index is 1170. The summed E-state index contributed by atoms with van der Waals surface area (Å²) in [5.41, 5.74) is 21.0. The molecule has 0 aromatic heterocycles. The zero-order chi connectivity index (χ0) is 24.3. The van der Waals surface area contributed by atoms with Crippen molar-refractivity contribution in [3.63, 3.8) is 0 Å². The smallest absolute Gasteiger partial charge is 0.157 e. The molecule has 0 aromatic rings. The fourth-order valence-electron chi connectivity index (χ4n) is 5.83. The van der Waals surface area contributed by atoms with E-state index in [1.54, 1.807) is 0 Å². The second kappa shape index (κ2) is 8.44. The molecule has 0 radical (unpaired) electrons. The molecule has 184 valence electrons. The Balaban J connectivity index is 1.49. The number of rotatable bonds is 1. The SMILES string of the molecule is CN=C1C=CC2=C3C(=CNC(N4CCC(N)CC4)N3C)C3=CC4=C(NNC1=C2)N(C)N(C)C4C=C3. The molecule has 0 saturated carbocycles. The van der Waals surface area contributed by atoms with Gasteiger partial charge in [-0.25, -0.2) is 5.01 Å². The highest BCUT2D eigenvalue weighted by atomic mass is 15.7. The largest absolute Gasteiger partial charge is 0.358 e. The number of piperidine rings is 1. The summed E-state index contributed by atoms with van der Waals surface area (Å²) in [7, 11) is 8.22. The van der Waals surface area contributed by atoms with Gasteiger partial charge in [0.25, 0.3) is 0 Å². The van der Waals surface area contributed by atoms with Gasteiger partial charge in [-0.2, -0.15) is 0 Å². The van der Waals surface area contributed by atoms with Crippen molar-refractivity contribution in [2.45, 2.75) is 31.2 Å². The number of hydrazine groups is 2. The van der Waals surface area contributed by atoms with Crippen molar-refractivity contribution >= 4 is 5.71 Å². The molecular formula is C26H35N9. The van der Waals surface area contributed by atoms with Crippen LogP contribution in [0.3, 0.4) is 0 Å². The molecule has 9 heteroatoms. The highest BCUT2D eigenvalue weighted by Gasteiger charge is 2.37. The van der Waals surface area contributed by atoms with Crippen molar-refractivity contribution in [3.05, 3.63) is 82.2 Å². The lowest BCUT2D eigenvalue weighted by atomic mass is 9.89. The Morgan fingerprint density at radius 1 is 1.03 bits per heavy atom. The number of likely N-dealkylation sites (tertiary alicyclic amines) is 1. The van der Waals surface area contributed by atoms with Crippen LogP contribution >= 0.6 is 0 Å². The summed E-state index contributed by atoms with van der Waals surface area (Å²) in [6.45, 7) is 1.98. The van der Waals surface area contributed by atoms with E-state index >= 15 is 0 Å². The summed E-state index contributed by atoms with van der Waals surface area (Å²) in [4.78, 5) is 9.38. The minimum Gasteiger partial charge on any atom is -0.358 e. The van der Waals surface area contributed by atoms with E-state index in [-0.39, 0.29) is 12.3 Å². The van der Waals surface area contributed by atoms with E-state index in [0.717, 1.165) is 48.7 Å². The zero-order valence-corrected chi connectivity index (χ0v) is 20.9. The number of nitrogens with one attached hydrogen (secondary N) is 3. The summed E-state index contributed by atoms with van der Waals surface area (Å²) in [5, 5.41) is 8.10. The first kappa shape index (κ1) is 22.2. The van der Waals surface area contributed by atoms with Crippen LogP contribution in [0.1, 0.15) is 12.8 Å². The molecule has 5 N–H and O–H groups in total. The molecule has 2 aliphatic carbocycles. The monoisotopic (exact) mass is 473 g/mol. The van der Waals surface area contributed by atoms with E-state index < -0.39 is 0 Å². The lowest BCUT2D eigenvalue weighted by Crippen LogP contribution is -2.58. The number of hydrogen-bond acceptors (Lipinski definition) is 9. The zero-order valence-electron chi connectivity index (χ0n) is 20.9. The molecule has 9 nitrogen and oxygen atoms in total. The third-order valence-corrected chi connectivity index (χ3v) is 7.97. The van der Waals surface area contributed by atoms with E-state index in [0.29, 0.717) is 6.04 Å². The van der Waals surface area contributed by atoms with Crippen LogP contribution in [0.25, 0.3) is 0 Å². The van der Waals surface area contributed by atoms with Crippen molar-refractivity contribution in [1.82, 2.24) is 36.0 Å². The molecule has 1 saturated heterocycles. The second-order valence-electron chi connectivity index (χ2n) is 9.94. The molecule has 35 heavy (non-hydrogen) atoms. The fraction of sp³-hybridized carbons (Fsp3) is 0.423. The van der Waals surface area contributed by atoms with Crippen molar-refractivity contribution in [1.29, 1.82) is 0 Å². The molecular weight excluding hydrogens is 438 g/mol. The Morgan fingerprint density at radius 3 is 2.60 bits per heavy atom. The van der Waals surface area contributed by atoms with Gasteiger partial charge in [0.1, 0.15) is 5.82 Å². The first-order valence-electron chi connectivity index (χ1n) is 12.4. The molecule has 4 heterocycles. The van der Waals surface area contributed by atoms with Crippen molar-refractivity contribution in [3.8, 4) is 0 Å². The number of nitrogens with two attached hydrogens (primary N) is 1. The number of fused-ring (bicyclic) bond motifs is 3. The normalized spacial score (nSPS) is 30.3. The van der Waals surface area contributed by atoms with Crippen molar-refractivity contribution < 1.29 is 0 Å². The van der Waals surface area contributed by atoms with Crippen LogP contribution in [0.15, 0.2) is 87.2 Å². The molecule has 2 unspecified atom stereocenters. The van der Waals surface area contributed by atoms with E-state index in [4.69, 9.17) is 5.73 Å². The maximum absolute atomic E-state index is 6.20. The highest BCUT2D eigenvalue weighted by molar-refractivity contribution is 6.09. The summed E-state index contributed by atoms with van der Waals surface area (Å²) in [6.07, 6.45) is 17.7. The number of likely N-dealkylation sites (N-methyl/N-ethyl adjacent to an activating group) is 2. The van der Waals surface area contributed by atoms with Gasteiger partial charge in [-0.3, -0.25) is 25.8 Å². The van der Waals surface area contributed by atoms with Crippen LogP contribution in [-0.2, 0) is 0 Å². The van der Waals surface area contributed by atoms with Crippen molar-refractivity contribution in [2.24, 2.45) is 10.7 Å². The van der Waals surface area contributed by atoms with Gasteiger partial charge in [0.15, 0.2) is 6.29 Å². The predicted molar refractivity (Wildman–Crippen MR) is 139 cm³/mol. The quantitative estimate of drug-likeness (QED) is 0.446. The maximum Gasteiger partial charge on any atom is 0.157 e. The van der Waals surface area contributed by atoms with Crippen LogP contribution in [0.4, 0.5) is 0 Å². The number of hydrogen-bond donors (Lipinski definition) is 4. The van der Waals surface area contributed by atoms with E-state index in [1.165, 1.54) is 22.4 Å². The second-order valence-corrected chi connectivity index (χ2v) is 9.94. The summed E-state index contributed by atoms with van der Waals surface area (Å²) < 4.78 is 0. The lowest BCUT2D eigenvalue weighted by molar-refractivity contribution is 0.0432. The van der Waals surface area contributed by atoms with Gasteiger partial charge >= 0.3 is 0 Å². The fourth-order valence-corrected chi connectivity index (χ4v) is 5.83. The number of allylic oxidation sites excluding steroid dienone is 6. The molecule has 6 aliphatic rings. The molecule has 2 atom stereocenters. The molecule has 0 amide bonds. The van der Waals surface area contributed by atoms with Gasteiger partial charge in [0.05, 0.1) is 23.1 Å². The molecule has 4 bridgehead atoms. The van der Waals surface area contributed by atoms with Gasteiger partial charge in [-0.15, -0.1) is 0 Å². The minimum atomic E-state index is 0.0795. The average molecular weight is 474 g/mol. The first-order chi connectivity index (χ1) is 17.0. The Labute approximate surface area is 207 Å². The van der Waals surface area contributed by atoms with Gasteiger partial charge in [-0.1, -0.05) is 18.2 Å². The Kier molecular flexibility index (Phi) is 5.36. The highest BCUT2D eigenvalue weighted by Crippen LogP contribution is 2.38.